The van der Waals surface area contributed by atoms with Crippen LogP contribution in [0.1, 0.15) is 53.4 Å². The molecule has 1 rings (SSSR count). The molecular weight excluding hydrogens is 310 g/mol. The van der Waals surface area contributed by atoms with Crippen molar-refractivity contribution in [1.82, 2.24) is 5.32 Å². The summed E-state index contributed by atoms with van der Waals surface area (Å²) in [5, 5.41) is 2.90. The van der Waals surface area contributed by atoms with Crippen LogP contribution in [0.4, 0.5) is 4.79 Å². The summed E-state index contributed by atoms with van der Waals surface area (Å²) in [5.41, 5.74) is 0.552. The molecule has 1 aliphatic rings. The molecule has 0 saturated heterocycles. The van der Waals surface area contributed by atoms with Crippen LogP contribution in [0.2, 0.25) is 0 Å². The average Bonchev–Trinajstić information content (AvgIpc) is 2.46. The summed E-state index contributed by atoms with van der Waals surface area (Å²) in [4.78, 5) is 23.5. The molecule has 0 unspecified atom stereocenters. The average molecular weight is 339 g/mol. The van der Waals surface area contributed by atoms with Crippen LogP contribution in [0.5, 0.6) is 0 Å². The first-order valence-electron chi connectivity index (χ1n) is 8.42. The van der Waals surface area contributed by atoms with Crippen molar-refractivity contribution >= 4 is 12.1 Å². The predicted octanol–water partition coefficient (Wildman–Crippen LogP) is 3.47. The number of amides is 1. The van der Waals surface area contributed by atoms with Crippen molar-refractivity contribution < 1.29 is 23.8 Å². The largest absolute Gasteiger partial charge is 0.497 e. The summed E-state index contributed by atoms with van der Waals surface area (Å²) in [6.45, 7) is 8.18. The van der Waals surface area contributed by atoms with Gasteiger partial charge in [0.1, 0.15) is 12.2 Å². The first-order chi connectivity index (χ1) is 11.3. The number of esters is 1. The fourth-order valence-corrected chi connectivity index (χ4v) is 2.28. The maximum absolute atomic E-state index is 12.0. The SMILES string of the molecule is CCOC(=O)CCC[C@@H](CC1=CCOC=C1)NC(=O)OC(C)(C)C. The molecule has 0 bridgehead atoms. The molecule has 6 nitrogen and oxygen atoms in total. The van der Waals surface area contributed by atoms with Gasteiger partial charge >= 0.3 is 12.1 Å². The number of hydrogen-bond acceptors (Lipinski definition) is 5. The fourth-order valence-electron chi connectivity index (χ4n) is 2.28. The van der Waals surface area contributed by atoms with Crippen LogP contribution in [0, 0.1) is 0 Å². The summed E-state index contributed by atoms with van der Waals surface area (Å²) in [7, 11) is 0. The minimum atomic E-state index is -0.544. The Balaban J connectivity index is 2.54. The topological polar surface area (TPSA) is 73.9 Å². The van der Waals surface area contributed by atoms with Crippen LogP contribution >= 0.6 is 0 Å². The van der Waals surface area contributed by atoms with Crippen LogP contribution in [-0.2, 0) is 19.0 Å². The predicted molar refractivity (Wildman–Crippen MR) is 91.4 cm³/mol. The van der Waals surface area contributed by atoms with E-state index in [-0.39, 0.29) is 12.0 Å². The van der Waals surface area contributed by atoms with E-state index >= 15 is 0 Å². The highest BCUT2D eigenvalue weighted by Crippen LogP contribution is 2.16. The minimum absolute atomic E-state index is 0.108. The number of ether oxygens (including phenoxy) is 3. The van der Waals surface area contributed by atoms with Crippen molar-refractivity contribution in [3.63, 3.8) is 0 Å². The van der Waals surface area contributed by atoms with Gasteiger partial charge in [0.2, 0.25) is 0 Å². The Morgan fingerprint density at radius 1 is 1.38 bits per heavy atom. The maximum Gasteiger partial charge on any atom is 0.407 e. The number of nitrogens with one attached hydrogen (secondary N) is 1. The second-order valence-electron chi connectivity index (χ2n) is 6.66. The lowest BCUT2D eigenvalue weighted by Gasteiger charge is -2.24. The molecule has 6 heteroatoms. The van der Waals surface area contributed by atoms with Crippen LogP contribution in [0.15, 0.2) is 24.0 Å². The van der Waals surface area contributed by atoms with Gasteiger partial charge in [-0.15, -0.1) is 0 Å². The lowest BCUT2D eigenvalue weighted by Crippen LogP contribution is -2.39. The number of alkyl carbamates (subject to hydrolysis) is 1. The molecular formula is C18H29NO5. The number of rotatable bonds is 8. The maximum atomic E-state index is 12.0. The Morgan fingerprint density at radius 3 is 2.71 bits per heavy atom. The van der Waals surface area contributed by atoms with Gasteiger partial charge in [-0.25, -0.2) is 4.79 Å². The lowest BCUT2D eigenvalue weighted by molar-refractivity contribution is -0.143. The quantitative estimate of drug-likeness (QED) is 0.685. The van der Waals surface area contributed by atoms with Gasteiger partial charge in [-0.05, 0) is 64.7 Å². The molecule has 0 fully saturated rings. The van der Waals surface area contributed by atoms with Crippen molar-refractivity contribution in [1.29, 1.82) is 0 Å². The van der Waals surface area contributed by atoms with E-state index in [9.17, 15) is 9.59 Å². The second kappa shape index (κ2) is 10.0. The normalized spacial score (nSPS) is 15.1. The van der Waals surface area contributed by atoms with Gasteiger partial charge in [0, 0.05) is 12.5 Å². The van der Waals surface area contributed by atoms with E-state index < -0.39 is 11.7 Å². The molecule has 0 aromatic rings. The number of hydrogen-bond donors (Lipinski definition) is 1. The molecule has 0 saturated carbocycles. The van der Waals surface area contributed by atoms with E-state index in [0.29, 0.717) is 38.9 Å². The zero-order valence-electron chi connectivity index (χ0n) is 15.1. The third-order valence-corrected chi connectivity index (χ3v) is 3.26. The molecule has 0 radical (unpaired) electrons. The molecule has 0 spiro atoms. The van der Waals surface area contributed by atoms with Crippen molar-refractivity contribution in [2.24, 2.45) is 0 Å². The fraction of sp³-hybridized carbons (Fsp3) is 0.667. The first-order valence-corrected chi connectivity index (χ1v) is 8.42. The highest BCUT2D eigenvalue weighted by atomic mass is 16.6. The van der Waals surface area contributed by atoms with Crippen molar-refractivity contribution in [2.75, 3.05) is 13.2 Å². The van der Waals surface area contributed by atoms with E-state index in [2.05, 4.69) is 5.32 Å². The van der Waals surface area contributed by atoms with Gasteiger partial charge < -0.3 is 19.5 Å². The van der Waals surface area contributed by atoms with Gasteiger partial charge in [-0.1, -0.05) is 0 Å². The summed E-state index contributed by atoms with van der Waals surface area (Å²) >= 11 is 0. The van der Waals surface area contributed by atoms with E-state index in [1.165, 1.54) is 0 Å². The van der Waals surface area contributed by atoms with E-state index in [1.807, 2.05) is 32.9 Å². The third-order valence-electron chi connectivity index (χ3n) is 3.26. The number of carbonyl (C=O) groups is 2. The Kier molecular flexibility index (Phi) is 8.36. The monoisotopic (exact) mass is 339 g/mol. The Bertz CT molecular complexity index is 476. The molecule has 1 atom stereocenters. The smallest absolute Gasteiger partial charge is 0.407 e. The molecule has 136 valence electrons. The number of carbonyl (C=O) groups excluding carboxylic acids is 2. The van der Waals surface area contributed by atoms with Crippen molar-refractivity contribution in [2.45, 2.75) is 65.0 Å². The van der Waals surface area contributed by atoms with Gasteiger partial charge in [-0.3, -0.25) is 4.79 Å². The van der Waals surface area contributed by atoms with Crippen LogP contribution in [0.3, 0.4) is 0 Å². The molecule has 0 aromatic carbocycles. The van der Waals surface area contributed by atoms with Crippen molar-refractivity contribution in [3.05, 3.63) is 24.0 Å². The lowest BCUT2D eigenvalue weighted by atomic mass is 10.00. The van der Waals surface area contributed by atoms with Gasteiger partial charge in [0.15, 0.2) is 0 Å². The zero-order chi connectivity index (χ0) is 18.0. The highest BCUT2D eigenvalue weighted by molar-refractivity contribution is 5.69. The van der Waals surface area contributed by atoms with Crippen molar-refractivity contribution in [3.8, 4) is 0 Å². The molecule has 1 N–H and O–H groups in total. The third kappa shape index (κ3) is 9.22. The zero-order valence-corrected chi connectivity index (χ0v) is 15.1. The Morgan fingerprint density at radius 2 is 2.12 bits per heavy atom. The standard InChI is InChI=1S/C18H29NO5/c1-5-23-16(20)8-6-7-15(13-14-9-11-22-12-10-14)19-17(21)24-18(2,3)4/h9-11,15H,5-8,12-13H2,1-4H3,(H,19,21)/t15-/m0/s1. The Labute approximate surface area is 144 Å². The van der Waals surface area contributed by atoms with Gasteiger partial charge in [-0.2, -0.15) is 0 Å². The van der Waals surface area contributed by atoms with Crippen LogP contribution < -0.4 is 5.32 Å². The van der Waals surface area contributed by atoms with Crippen LogP contribution in [0.25, 0.3) is 0 Å². The molecule has 0 aliphatic carbocycles. The van der Waals surface area contributed by atoms with E-state index in [4.69, 9.17) is 14.2 Å². The van der Waals surface area contributed by atoms with E-state index in [1.54, 1.807) is 13.2 Å². The van der Waals surface area contributed by atoms with Gasteiger partial charge in [0.25, 0.3) is 0 Å². The second-order valence-corrected chi connectivity index (χ2v) is 6.66. The summed E-state index contributed by atoms with van der Waals surface area (Å²) < 4.78 is 15.4. The molecule has 1 aliphatic heterocycles. The molecule has 24 heavy (non-hydrogen) atoms. The highest BCUT2D eigenvalue weighted by Gasteiger charge is 2.20. The summed E-state index contributed by atoms with van der Waals surface area (Å²) in [6, 6.07) is -0.108. The number of allylic oxidation sites excluding steroid dienone is 1. The Hall–Kier alpha value is -1.98. The minimum Gasteiger partial charge on any atom is -0.497 e. The summed E-state index contributed by atoms with van der Waals surface area (Å²) in [6.07, 6.45) is 7.41. The van der Waals surface area contributed by atoms with E-state index in [0.717, 1.165) is 5.57 Å². The van der Waals surface area contributed by atoms with Gasteiger partial charge in [0.05, 0.1) is 12.9 Å². The molecule has 1 amide bonds. The van der Waals surface area contributed by atoms with Crippen LogP contribution in [-0.4, -0.2) is 36.9 Å². The molecule has 1 heterocycles. The molecule has 0 aromatic heterocycles. The summed E-state index contributed by atoms with van der Waals surface area (Å²) in [5.74, 6) is -0.210. The first kappa shape index (κ1) is 20.1.